The Morgan fingerprint density at radius 2 is 2.07 bits per heavy atom. The van der Waals surface area contributed by atoms with Crippen LogP contribution < -0.4 is 5.73 Å². The zero-order chi connectivity index (χ0) is 9.47. The van der Waals surface area contributed by atoms with E-state index >= 15 is 0 Å². The zero-order valence-electron chi connectivity index (χ0n) is 7.30. The predicted octanol–water partition coefficient (Wildman–Crippen LogP) is 2.71. The van der Waals surface area contributed by atoms with Gasteiger partial charge in [0.2, 0.25) is 0 Å². The lowest BCUT2D eigenvalue weighted by atomic mass is 9.89. The van der Waals surface area contributed by atoms with E-state index in [-0.39, 0.29) is 17.9 Å². The maximum absolute atomic E-state index is 6.06. The number of hydrogen-bond acceptors (Lipinski definition) is 2. The van der Waals surface area contributed by atoms with E-state index in [0.717, 1.165) is 10.0 Å². The molecular formula is C9H10BrCl2NO. The van der Waals surface area contributed by atoms with E-state index < -0.39 is 0 Å². The minimum Gasteiger partial charge on any atom is -0.377 e. The minimum atomic E-state index is -0.388. The summed E-state index contributed by atoms with van der Waals surface area (Å²) in [5, 5.41) is 0.703. The average molecular weight is 299 g/mol. The first kappa shape index (κ1) is 12.3. The summed E-state index contributed by atoms with van der Waals surface area (Å²) in [6.07, 6.45) is 0. The molecule has 0 saturated carbocycles. The Labute approximate surface area is 102 Å². The lowest BCUT2D eigenvalue weighted by molar-refractivity contribution is -0.0568. The summed E-state index contributed by atoms with van der Waals surface area (Å²) in [4.78, 5) is 0. The summed E-state index contributed by atoms with van der Waals surface area (Å²) in [5.41, 5.74) is 6.63. The van der Waals surface area contributed by atoms with Crippen LogP contribution in [0.2, 0.25) is 5.02 Å². The summed E-state index contributed by atoms with van der Waals surface area (Å²) in [6.45, 7) is 1.09. The molecule has 0 aliphatic carbocycles. The topological polar surface area (TPSA) is 35.2 Å². The van der Waals surface area contributed by atoms with Crippen molar-refractivity contribution >= 4 is 39.9 Å². The average Bonchev–Trinajstić information content (AvgIpc) is 2.05. The summed E-state index contributed by atoms with van der Waals surface area (Å²) >= 11 is 9.42. The Bertz CT molecular complexity index is 342. The van der Waals surface area contributed by atoms with E-state index in [1.165, 1.54) is 0 Å². The van der Waals surface area contributed by atoms with Crippen LogP contribution in [0.5, 0.6) is 0 Å². The Hall–Kier alpha value is 0.200. The lowest BCUT2D eigenvalue weighted by Gasteiger charge is -2.38. The van der Waals surface area contributed by atoms with Gasteiger partial charge in [-0.25, -0.2) is 0 Å². The van der Waals surface area contributed by atoms with Gasteiger partial charge in [-0.2, -0.15) is 0 Å². The monoisotopic (exact) mass is 297 g/mol. The van der Waals surface area contributed by atoms with Gasteiger partial charge in [0.25, 0.3) is 0 Å². The maximum atomic E-state index is 6.06. The van der Waals surface area contributed by atoms with Crippen LogP contribution in [0, 0.1) is 0 Å². The fourth-order valence-electron chi connectivity index (χ4n) is 1.36. The van der Waals surface area contributed by atoms with Crippen LogP contribution in [-0.2, 0) is 10.3 Å². The van der Waals surface area contributed by atoms with Gasteiger partial charge in [-0.05, 0) is 23.8 Å². The highest BCUT2D eigenvalue weighted by Gasteiger charge is 2.37. The molecule has 1 aromatic rings. The van der Waals surface area contributed by atoms with Crippen LogP contribution >= 0.6 is 39.9 Å². The van der Waals surface area contributed by atoms with Crippen LogP contribution in [0.1, 0.15) is 5.56 Å². The molecule has 0 radical (unpaired) electrons. The maximum Gasteiger partial charge on any atom is 0.0898 e. The van der Waals surface area contributed by atoms with Crippen LogP contribution in [0.3, 0.4) is 0 Å². The first-order valence-electron chi connectivity index (χ1n) is 3.94. The Morgan fingerprint density at radius 3 is 2.57 bits per heavy atom. The largest absolute Gasteiger partial charge is 0.377 e. The van der Waals surface area contributed by atoms with Crippen molar-refractivity contribution < 1.29 is 4.74 Å². The van der Waals surface area contributed by atoms with Gasteiger partial charge in [0.15, 0.2) is 0 Å². The summed E-state index contributed by atoms with van der Waals surface area (Å²) < 4.78 is 6.08. The third-order valence-electron chi connectivity index (χ3n) is 2.18. The second kappa shape index (κ2) is 4.37. The molecule has 1 saturated heterocycles. The second-order valence-electron chi connectivity index (χ2n) is 3.27. The minimum absolute atomic E-state index is 0. The number of ether oxygens (including phenoxy) is 1. The highest BCUT2D eigenvalue weighted by molar-refractivity contribution is 9.10. The molecule has 14 heavy (non-hydrogen) atoms. The fraction of sp³-hybridized carbons (Fsp3) is 0.333. The number of nitrogens with two attached hydrogens (primary N) is 1. The fourth-order valence-corrected chi connectivity index (χ4v) is 2.02. The number of hydrogen-bond donors (Lipinski definition) is 1. The molecule has 2 N–H and O–H groups in total. The van der Waals surface area contributed by atoms with Crippen molar-refractivity contribution in [3.63, 3.8) is 0 Å². The van der Waals surface area contributed by atoms with Crippen molar-refractivity contribution in [3.05, 3.63) is 33.3 Å². The van der Waals surface area contributed by atoms with E-state index in [4.69, 9.17) is 22.1 Å². The number of rotatable bonds is 1. The molecule has 0 amide bonds. The number of benzene rings is 1. The van der Waals surface area contributed by atoms with Gasteiger partial charge in [-0.15, -0.1) is 12.4 Å². The normalized spacial score (nSPS) is 18.2. The molecular weight excluding hydrogens is 289 g/mol. The molecule has 0 atom stereocenters. The molecule has 1 heterocycles. The van der Waals surface area contributed by atoms with Gasteiger partial charge in [-0.1, -0.05) is 27.5 Å². The molecule has 0 spiro atoms. The molecule has 0 aromatic heterocycles. The van der Waals surface area contributed by atoms with E-state index in [1.807, 2.05) is 18.2 Å². The summed E-state index contributed by atoms with van der Waals surface area (Å²) in [6, 6.07) is 5.69. The van der Waals surface area contributed by atoms with Crippen molar-refractivity contribution in [2.75, 3.05) is 13.2 Å². The molecule has 1 fully saturated rings. The van der Waals surface area contributed by atoms with Crippen molar-refractivity contribution in [2.45, 2.75) is 5.54 Å². The molecule has 0 unspecified atom stereocenters. The number of halogens is 3. The molecule has 2 rings (SSSR count). The van der Waals surface area contributed by atoms with E-state index in [2.05, 4.69) is 15.9 Å². The molecule has 5 heteroatoms. The Kier molecular flexibility index (Phi) is 3.83. The SMILES string of the molecule is Cl.NC1(c2cc(Br)ccc2Cl)COC1. The molecule has 1 aliphatic rings. The van der Waals surface area contributed by atoms with Crippen LogP contribution in [0.15, 0.2) is 22.7 Å². The highest BCUT2D eigenvalue weighted by atomic mass is 79.9. The van der Waals surface area contributed by atoms with Gasteiger partial charge >= 0.3 is 0 Å². The lowest BCUT2D eigenvalue weighted by Crippen LogP contribution is -2.54. The Balaban J connectivity index is 0.000000980. The highest BCUT2D eigenvalue weighted by Crippen LogP contribution is 2.33. The van der Waals surface area contributed by atoms with Crippen molar-refractivity contribution in [3.8, 4) is 0 Å². The standard InChI is InChI=1S/C9H9BrClNO.ClH/c10-6-1-2-8(11)7(3-6)9(12)4-13-5-9;/h1-3H,4-5,12H2;1H. The van der Waals surface area contributed by atoms with Gasteiger partial charge in [0, 0.05) is 9.50 Å². The van der Waals surface area contributed by atoms with Gasteiger partial charge in [-0.3, -0.25) is 0 Å². The molecule has 1 aromatic carbocycles. The summed E-state index contributed by atoms with van der Waals surface area (Å²) in [7, 11) is 0. The zero-order valence-corrected chi connectivity index (χ0v) is 10.5. The molecule has 0 bridgehead atoms. The first-order chi connectivity index (χ1) is 6.12. The second-order valence-corrected chi connectivity index (χ2v) is 4.60. The van der Waals surface area contributed by atoms with E-state index in [0.29, 0.717) is 18.2 Å². The van der Waals surface area contributed by atoms with Crippen LogP contribution in [0.25, 0.3) is 0 Å². The van der Waals surface area contributed by atoms with Crippen molar-refractivity contribution in [1.82, 2.24) is 0 Å². The first-order valence-corrected chi connectivity index (χ1v) is 5.11. The van der Waals surface area contributed by atoms with E-state index in [1.54, 1.807) is 0 Å². The quantitative estimate of drug-likeness (QED) is 0.865. The van der Waals surface area contributed by atoms with Crippen LogP contribution in [0.4, 0.5) is 0 Å². The predicted molar refractivity (Wildman–Crippen MR) is 63.1 cm³/mol. The summed E-state index contributed by atoms with van der Waals surface area (Å²) in [5.74, 6) is 0. The smallest absolute Gasteiger partial charge is 0.0898 e. The molecule has 78 valence electrons. The molecule has 1 aliphatic heterocycles. The third-order valence-corrected chi connectivity index (χ3v) is 3.01. The molecule has 2 nitrogen and oxygen atoms in total. The van der Waals surface area contributed by atoms with Crippen LogP contribution in [-0.4, -0.2) is 13.2 Å². The van der Waals surface area contributed by atoms with Crippen molar-refractivity contribution in [1.29, 1.82) is 0 Å². The van der Waals surface area contributed by atoms with Gasteiger partial charge in [0.1, 0.15) is 0 Å². The van der Waals surface area contributed by atoms with Crippen molar-refractivity contribution in [2.24, 2.45) is 5.73 Å². The Morgan fingerprint density at radius 1 is 1.43 bits per heavy atom. The van der Waals surface area contributed by atoms with Gasteiger partial charge in [0.05, 0.1) is 18.8 Å². The third kappa shape index (κ3) is 2.07. The van der Waals surface area contributed by atoms with Gasteiger partial charge < -0.3 is 10.5 Å². The van der Waals surface area contributed by atoms with E-state index in [9.17, 15) is 0 Å².